The van der Waals surface area contributed by atoms with Gasteiger partial charge in [0.15, 0.2) is 0 Å². The molecule has 49 heavy (non-hydrogen) atoms. The molecule has 3 unspecified atom stereocenters. The lowest BCUT2D eigenvalue weighted by Crippen LogP contribution is -2.41. The van der Waals surface area contributed by atoms with Crippen molar-refractivity contribution in [3.05, 3.63) is 105 Å². The van der Waals surface area contributed by atoms with Crippen LogP contribution < -0.4 is 0 Å². The maximum Gasteiger partial charge on any atom is 0.222 e. The van der Waals surface area contributed by atoms with E-state index in [-0.39, 0.29) is 39.3 Å². The Balaban J connectivity index is 1.54. The monoisotopic (exact) mass is 667 g/mol. The minimum atomic E-state index is -0.952. The second kappa shape index (κ2) is 14.8. The highest BCUT2D eigenvalue weighted by Crippen LogP contribution is 2.49. The van der Waals surface area contributed by atoms with Gasteiger partial charge in [0.1, 0.15) is 0 Å². The van der Waals surface area contributed by atoms with Gasteiger partial charge in [0.2, 0.25) is 12.1 Å². The Morgan fingerprint density at radius 1 is 0.735 bits per heavy atom. The van der Waals surface area contributed by atoms with Crippen LogP contribution in [-0.4, -0.2) is 25.3 Å². The van der Waals surface area contributed by atoms with Crippen LogP contribution in [0.4, 0.5) is 0 Å². The summed E-state index contributed by atoms with van der Waals surface area (Å²) in [5.74, 6) is 0.927. The van der Waals surface area contributed by atoms with E-state index in [9.17, 15) is 4.79 Å². The molecule has 0 bridgehead atoms. The largest absolute Gasteiger partial charge is 0.345 e. The Kier molecular flexibility index (Phi) is 11.8. The second-order valence-electron chi connectivity index (χ2n) is 18.8. The lowest BCUT2D eigenvalue weighted by Gasteiger charge is -2.47. The van der Waals surface area contributed by atoms with E-state index in [2.05, 4.69) is 158 Å². The molecule has 3 heteroatoms. The molecule has 0 spiro atoms. The minimum absolute atomic E-state index is 0.0156. The summed E-state index contributed by atoms with van der Waals surface area (Å²) in [5.41, 5.74) is 9.88. The van der Waals surface area contributed by atoms with Gasteiger partial charge in [-0.15, -0.1) is 0 Å². The van der Waals surface area contributed by atoms with Crippen LogP contribution in [0.5, 0.6) is 0 Å². The number of carbonyl (C=O) groups is 1. The predicted molar refractivity (Wildman–Crippen MR) is 207 cm³/mol. The van der Waals surface area contributed by atoms with Crippen molar-refractivity contribution in [2.45, 2.75) is 144 Å². The zero-order chi connectivity index (χ0) is 36.5. The van der Waals surface area contributed by atoms with Crippen molar-refractivity contribution in [2.24, 2.45) is 17.8 Å². The molecular weight excluding hydrogens is 601 g/mol. The molecule has 0 aromatic heterocycles. The summed E-state index contributed by atoms with van der Waals surface area (Å²) in [6.45, 7) is 32.5. The van der Waals surface area contributed by atoms with Crippen molar-refractivity contribution < 1.29 is 14.3 Å². The first-order valence-electron chi connectivity index (χ1n) is 18.7. The number of aryl methyl sites for hydroxylation is 1. The second-order valence-corrected chi connectivity index (χ2v) is 18.8. The van der Waals surface area contributed by atoms with Crippen LogP contribution in [0.3, 0.4) is 0 Å². The van der Waals surface area contributed by atoms with Crippen LogP contribution in [0, 0.1) is 24.7 Å². The number of hydrogen-bond acceptors (Lipinski definition) is 3. The molecule has 0 heterocycles. The van der Waals surface area contributed by atoms with Crippen LogP contribution in [-0.2, 0) is 44.0 Å². The van der Waals surface area contributed by atoms with Gasteiger partial charge in [0.05, 0.1) is 13.2 Å². The van der Waals surface area contributed by atoms with Crippen molar-refractivity contribution in [1.29, 1.82) is 0 Å². The van der Waals surface area contributed by atoms with E-state index in [0.29, 0.717) is 19.1 Å². The molecule has 4 rings (SSSR count). The van der Waals surface area contributed by atoms with Crippen LogP contribution in [0.25, 0.3) is 0 Å². The molecule has 1 aliphatic carbocycles. The summed E-state index contributed by atoms with van der Waals surface area (Å²) in [6, 6.07) is 22.3. The summed E-state index contributed by atoms with van der Waals surface area (Å²) in [7, 11) is 0. The summed E-state index contributed by atoms with van der Waals surface area (Å²) in [4.78, 5) is 14.4. The zero-order valence-corrected chi connectivity index (χ0v) is 33.3. The van der Waals surface area contributed by atoms with Crippen LogP contribution in [0.15, 0.2) is 60.7 Å². The number of carbonyl (C=O) groups excluding carboxylic acids is 1. The number of Topliss-reactive ketones (excluding diaryl/α,β-unsaturated/α-hetero) is 1. The highest BCUT2D eigenvalue weighted by molar-refractivity contribution is 6.00. The van der Waals surface area contributed by atoms with Gasteiger partial charge in [0, 0.05) is 5.56 Å². The van der Waals surface area contributed by atoms with Gasteiger partial charge >= 0.3 is 0 Å². The number of fused-ring (bicyclic) bond motifs is 1. The van der Waals surface area contributed by atoms with E-state index >= 15 is 0 Å². The van der Waals surface area contributed by atoms with Crippen LogP contribution >= 0.6 is 0 Å². The van der Waals surface area contributed by atoms with Crippen molar-refractivity contribution >= 4 is 5.78 Å². The van der Waals surface area contributed by atoms with Gasteiger partial charge in [-0.2, -0.15) is 0 Å². The maximum atomic E-state index is 14.4. The average Bonchev–Trinajstić information content (AvgIpc) is 2.99. The summed E-state index contributed by atoms with van der Waals surface area (Å²) in [5, 5.41) is 0. The average molecular weight is 667 g/mol. The van der Waals surface area contributed by atoms with E-state index < -0.39 is 6.29 Å². The maximum absolute atomic E-state index is 14.4. The molecule has 0 saturated carbocycles. The fourth-order valence-electron chi connectivity index (χ4n) is 7.50. The first-order chi connectivity index (χ1) is 22.6. The molecule has 3 atom stereocenters. The molecule has 0 amide bonds. The van der Waals surface area contributed by atoms with Gasteiger partial charge in [0.25, 0.3) is 0 Å². The Bertz CT molecular complexity index is 1490. The third-order valence-corrected chi connectivity index (χ3v) is 11.2. The molecule has 0 aliphatic heterocycles. The number of rotatable bonds is 12. The zero-order valence-electron chi connectivity index (χ0n) is 33.3. The van der Waals surface area contributed by atoms with Crippen molar-refractivity contribution in [1.82, 2.24) is 0 Å². The molecule has 0 N–H and O–H groups in total. The standard InChI is InChI=1S/C46H66O3/c1-30(23-34-15-19-36(20-16-34)43(5,6)7)28-48-42(49-29-31(2)24-35-17-21-37(22-18-35)44(8,9)10)41(47)38-26-39-40(25-32(38)3)46(13,14)33(4)27-45(39,11)12/h15-22,25-26,30-31,33,42H,23-24,27-29H2,1-14H3. The topological polar surface area (TPSA) is 35.5 Å². The molecular formula is C46H66O3. The number of ketones is 1. The molecule has 1 aliphatic rings. The Labute approximate surface area is 299 Å². The minimum Gasteiger partial charge on any atom is -0.345 e. The van der Waals surface area contributed by atoms with Gasteiger partial charge in [-0.3, -0.25) is 4.79 Å². The summed E-state index contributed by atoms with van der Waals surface area (Å²) >= 11 is 0. The Morgan fingerprint density at radius 2 is 1.16 bits per heavy atom. The number of hydrogen-bond donors (Lipinski definition) is 0. The Morgan fingerprint density at radius 3 is 1.57 bits per heavy atom. The fourth-order valence-corrected chi connectivity index (χ4v) is 7.50. The van der Waals surface area contributed by atoms with Crippen molar-refractivity contribution in [3.8, 4) is 0 Å². The lowest BCUT2D eigenvalue weighted by molar-refractivity contribution is -0.127. The highest BCUT2D eigenvalue weighted by atomic mass is 16.7. The smallest absolute Gasteiger partial charge is 0.222 e. The van der Waals surface area contributed by atoms with Gasteiger partial charge in [-0.05, 0) is 111 Å². The molecule has 0 fully saturated rings. The molecule has 0 radical (unpaired) electrons. The van der Waals surface area contributed by atoms with Crippen LogP contribution in [0.1, 0.15) is 146 Å². The Hall–Kier alpha value is -2.75. The SMILES string of the molecule is Cc1cc2c(cc1C(=O)C(OCC(C)Cc1ccc(C(C)(C)C)cc1)OCC(C)Cc1ccc(C(C)(C)C)cc1)C(C)(C)CC(C)C2(C)C. The lowest BCUT2D eigenvalue weighted by atomic mass is 9.58. The molecule has 0 saturated heterocycles. The summed E-state index contributed by atoms with van der Waals surface area (Å²) < 4.78 is 12.9. The first kappa shape index (κ1) is 39.0. The normalized spacial score (nSPS) is 19.2. The van der Waals surface area contributed by atoms with E-state index in [1.807, 2.05) is 0 Å². The van der Waals surface area contributed by atoms with Crippen molar-refractivity contribution in [2.75, 3.05) is 13.2 Å². The highest BCUT2D eigenvalue weighted by Gasteiger charge is 2.43. The van der Waals surface area contributed by atoms with E-state index in [0.717, 1.165) is 30.4 Å². The third kappa shape index (κ3) is 9.53. The van der Waals surface area contributed by atoms with E-state index in [1.54, 1.807) is 0 Å². The molecule has 268 valence electrons. The quantitative estimate of drug-likeness (QED) is 0.143. The predicted octanol–water partition coefficient (Wildman–Crippen LogP) is 11.5. The fraction of sp³-hybridized carbons (Fsp3) is 0.587. The van der Waals surface area contributed by atoms with Crippen molar-refractivity contribution in [3.63, 3.8) is 0 Å². The third-order valence-electron chi connectivity index (χ3n) is 11.2. The molecule has 3 nitrogen and oxygen atoms in total. The van der Waals surface area contributed by atoms with Gasteiger partial charge in [-0.25, -0.2) is 0 Å². The molecule has 3 aromatic rings. The number of ether oxygens (including phenoxy) is 2. The summed E-state index contributed by atoms with van der Waals surface area (Å²) in [6.07, 6.45) is 1.90. The number of benzene rings is 3. The van der Waals surface area contributed by atoms with Gasteiger partial charge < -0.3 is 9.47 Å². The first-order valence-corrected chi connectivity index (χ1v) is 18.7. The van der Waals surface area contributed by atoms with E-state index in [1.165, 1.54) is 33.4 Å². The molecule has 3 aromatic carbocycles. The van der Waals surface area contributed by atoms with Crippen LogP contribution in [0.2, 0.25) is 0 Å². The van der Waals surface area contributed by atoms with E-state index in [4.69, 9.17) is 9.47 Å². The van der Waals surface area contributed by atoms with Gasteiger partial charge in [-0.1, -0.05) is 145 Å².